The van der Waals surface area contributed by atoms with Gasteiger partial charge >= 0.3 is 0 Å². The number of rotatable bonds is 7. The monoisotopic (exact) mass is 432 g/mol. The van der Waals surface area contributed by atoms with Crippen molar-refractivity contribution < 1.29 is 4.79 Å². The summed E-state index contributed by atoms with van der Waals surface area (Å²) in [5.41, 5.74) is 1.88. The van der Waals surface area contributed by atoms with Crippen molar-refractivity contribution in [2.75, 3.05) is 26.7 Å². The van der Waals surface area contributed by atoms with E-state index < -0.39 is 0 Å². The van der Waals surface area contributed by atoms with Gasteiger partial charge < -0.3 is 4.90 Å². The molecular formula is C24H30Cl2N2O. The number of amides is 1. The van der Waals surface area contributed by atoms with Gasteiger partial charge in [-0.15, -0.1) is 0 Å². The number of likely N-dealkylation sites (N-methyl/N-ethyl adjacent to an activating group) is 1. The summed E-state index contributed by atoms with van der Waals surface area (Å²) in [4.78, 5) is 18.1. The molecule has 1 aliphatic heterocycles. The van der Waals surface area contributed by atoms with Gasteiger partial charge in [-0.3, -0.25) is 9.69 Å². The van der Waals surface area contributed by atoms with Crippen LogP contribution in [0.3, 0.4) is 0 Å². The summed E-state index contributed by atoms with van der Waals surface area (Å²) in [5, 5.41) is 1.33. The smallest absolute Gasteiger partial charge is 0.234 e. The summed E-state index contributed by atoms with van der Waals surface area (Å²) < 4.78 is 0. The molecule has 3 nitrogen and oxygen atoms in total. The molecule has 1 amide bonds. The summed E-state index contributed by atoms with van der Waals surface area (Å²) in [7, 11) is 1.92. The molecule has 29 heavy (non-hydrogen) atoms. The van der Waals surface area contributed by atoms with Crippen molar-refractivity contribution in [3.63, 3.8) is 0 Å². The normalized spacial score (nSPS) is 15.8. The van der Waals surface area contributed by atoms with Crippen LogP contribution in [0.1, 0.15) is 43.7 Å². The summed E-state index contributed by atoms with van der Waals surface area (Å²) in [6, 6.07) is 15.5. The minimum absolute atomic E-state index is 0.0968. The molecule has 2 aromatic rings. The molecule has 1 unspecified atom stereocenters. The molecule has 1 aliphatic rings. The zero-order chi connectivity index (χ0) is 21.0. The van der Waals surface area contributed by atoms with Gasteiger partial charge in [-0.05, 0) is 67.2 Å². The maximum atomic E-state index is 13.6. The van der Waals surface area contributed by atoms with Gasteiger partial charge in [0.15, 0.2) is 0 Å². The van der Waals surface area contributed by atoms with Crippen molar-refractivity contribution in [3.8, 4) is 0 Å². The standard InChI is InChI=1S/C24H30Cl2N2O/c1-17(2)22(28-14-4-5-15-28)16-27(3)24(29)23(18-6-10-20(25)11-7-18)19-8-12-21(26)13-9-19/h6-13,17,22-23H,4-5,14-16H2,1-3H3. The second-order valence-corrected chi connectivity index (χ2v) is 9.18. The molecule has 1 fully saturated rings. The zero-order valence-electron chi connectivity index (χ0n) is 17.4. The lowest BCUT2D eigenvalue weighted by Gasteiger charge is -2.35. The van der Waals surface area contributed by atoms with Crippen LogP contribution in [0.25, 0.3) is 0 Å². The molecule has 0 saturated carbocycles. The topological polar surface area (TPSA) is 23.6 Å². The number of nitrogens with zero attached hydrogens (tertiary/aromatic N) is 2. The van der Waals surface area contributed by atoms with Gasteiger partial charge in [0, 0.05) is 29.7 Å². The van der Waals surface area contributed by atoms with E-state index in [2.05, 4.69) is 18.7 Å². The first-order chi connectivity index (χ1) is 13.9. The van der Waals surface area contributed by atoms with Crippen LogP contribution in [0.2, 0.25) is 10.0 Å². The summed E-state index contributed by atoms with van der Waals surface area (Å²) in [6.45, 7) is 7.48. The molecule has 156 valence electrons. The van der Waals surface area contributed by atoms with Crippen LogP contribution >= 0.6 is 23.2 Å². The van der Waals surface area contributed by atoms with Crippen LogP contribution < -0.4 is 0 Å². The van der Waals surface area contributed by atoms with Crippen molar-refractivity contribution in [1.29, 1.82) is 0 Å². The van der Waals surface area contributed by atoms with Gasteiger partial charge in [-0.2, -0.15) is 0 Å². The first kappa shape index (κ1) is 22.1. The Morgan fingerprint density at radius 3 is 1.79 bits per heavy atom. The van der Waals surface area contributed by atoms with Gasteiger partial charge in [-0.1, -0.05) is 61.3 Å². The third-order valence-corrected chi connectivity index (χ3v) is 6.37. The van der Waals surface area contributed by atoms with E-state index in [0.29, 0.717) is 22.0 Å². The summed E-state index contributed by atoms with van der Waals surface area (Å²) in [6.07, 6.45) is 2.50. The molecule has 2 aromatic carbocycles. The van der Waals surface area contributed by atoms with Crippen LogP contribution in [0.15, 0.2) is 48.5 Å². The van der Waals surface area contributed by atoms with E-state index in [1.165, 1.54) is 12.8 Å². The van der Waals surface area contributed by atoms with E-state index in [9.17, 15) is 4.79 Å². The Balaban J connectivity index is 1.86. The van der Waals surface area contributed by atoms with Crippen molar-refractivity contribution in [2.24, 2.45) is 5.92 Å². The fraction of sp³-hybridized carbons (Fsp3) is 0.458. The molecule has 5 heteroatoms. The molecule has 3 rings (SSSR count). The van der Waals surface area contributed by atoms with Crippen molar-refractivity contribution in [2.45, 2.75) is 38.6 Å². The Morgan fingerprint density at radius 2 is 1.38 bits per heavy atom. The number of carbonyl (C=O) groups excluding carboxylic acids is 1. The third-order valence-electron chi connectivity index (χ3n) is 5.87. The van der Waals surface area contributed by atoms with Crippen LogP contribution in [0.5, 0.6) is 0 Å². The molecule has 1 atom stereocenters. The predicted octanol–water partition coefficient (Wildman–Crippen LogP) is 5.70. The Labute approximate surface area is 184 Å². The first-order valence-corrected chi connectivity index (χ1v) is 11.1. The lowest BCUT2D eigenvalue weighted by molar-refractivity contribution is -0.131. The van der Waals surface area contributed by atoms with Crippen LogP contribution in [0, 0.1) is 5.92 Å². The molecule has 0 bridgehead atoms. The molecule has 1 heterocycles. The Morgan fingerprint density at radius 1 is 0.931 bits per heavy atom. The van der Waals surface area contributed by atoms with E-state index >= 15 is 0 Å². The SMILES string of the molecule is CC(C)C(CN(C)C(=O)C(c1ccc(Cl)cc1)c1ccc(Cl)cc1)N1CCCC1. The maximum absolute atomic E-state index is 13.6. The van der Waals surface area contributed by atoms with Crippen LogP contribution in [-0.4, -0.2) is 48.4 Å². The van der Waals surface area contributed by atoms with Crippen molar-refractivity contribution in [3.05, 3.63) is 69.7 Å². The largest absolute Gasteiger partial charge is 0.343 e. The number of benzene rings is 2. The van der Waals surface area contributed by atoms with Crippen molar-refractivity contribution >= 4 is 29.1 Å². The van der Waals surface area contributed by atoms with Crippen LogP contribution in [0.4, 0.5) is 0 Å². The maximum Gasteiger partial charge on any atom is 0.234 e. The van der Waals surface area contributed by atoms with Gasteiger partial charge in [0.25, 0.3) is 0 Å². The average Bonchev–Trinajstić information content (AvgIpc) is 3.23. The van der Waals surface area contributed by atoms with E-state index in [-0.39, 0.29) is 11.8 Å². The molecule has 0 aromatic heterocycles. The molecule has 0 radical (unpaired) electrons. The van der Waals surface area contributed by atoms with E-state index in [1.54, 1.807) is 0 Å². The van der Waals surface area contributed by atoms with Gasteiger partial charge in [0.05, 0.1) is 5.92 Å². The Kier molecular flexibility index (Phi) is 7.61. The second-order valence-electron chi connectivity index (χ2n) is 8.31. The molecule has 0 N–H and O–H groups in total. The lowest BCUT2D eigenvalue weighted by Crippen LogP contribution is -2.47. The Bertz CT molecular complexity index is 753. The minimum atomic E-state index is -0.374. The van der Waals surface area contributed by atoms with Crippen LogP contribution in [-0.2, 0) is 4.79 Å². The fourth-order valence-electron chi connectivity index (χ4n) is 4.20. The molecule has 1 saturated heterocycles. The number of likely N-dealkylation sites (tertiary alicyclic amines) is 1. The van der Waals surface area contributed by atoms with E-state index in [1.807, 2.05) is 60.5 Å². The summed E-state index contributed by atoms with van der Waals surface area (Å²) >= 11 is 12.2. The molecule has 0 aliphatic carbocycles. The second kappa shape index (κ2) is 9.97. The zero-order valence-corrected chi connectivity index (χ0v) is 19.0. The van der Waals surface area contributed by atoms with E-state index in [0.717, 1.165) is 30.8 Å². The van der Waals surface area contributed by atoms with Gasteiger partial charge in [-0.25, -0.2) is 0 Å². The Hall–Kier alpha value is -1.55. The lowest BCUT2D eigenvalue weighted by atomic mass is 9.89. The van der Waals surface area contributed by atoms with Gasteiger partial charge in [0.2, 0.25) is 5.91 Å². The molecular weight excluding hydrogens is 403 g/mol. The highest BCUT2D eigenvalue weighted by atomic mass is 35.5. The quantitative estimate of drug-likeness (QED) is 0.559. The number of halogens is 2. The first-order valence-electron chi connectivity index (χ1n) is 10.4. The highest BCUT2D eigenvalue weighted by molar-refractivity contribution is 6.30. The van der Waals surface area contributed by atoms with E-state index in [4.69, 9.17) is 23.2 Å². The number of hydrogen-bond acceptors (Lipinski definition) is 2. The highest BCUT2D eigenvalue weighted by Gasteiger charge is 2.31. The minimum Gasteiger partial charge on any atom is -0.343 e. The fourth-order valence-corrected chi connectivity index (χ4v) is 4.45. The molecule has 0 spiro atoms. The third kappa shape index (κ3) is 5.53. The highest BCUT2D eigenvalue weighted by Crippen LogP contribution is 2.29. The van der Waals surface area contributed by atoms with Gasteiger partial charge in [0.1, 0.15) is 0 Å². The summed E-state index contributed by atoms with van der Waals surface area (Å²) in [5.74, 6) is 0.216. The number of carbonyl (C=O) groups is 1. The van der Waals surface area contributed by atoms with Crippen molar-refractivity contribution in [1.82, 2.24) is 9.80 Å². The number of hydrogen-bond donors (Lipinski definition) is 0. The predicted molar refractivity (Wildman–Crippen MR) is 122 cm³/mol. The average molecular weight is 433 g/mol.